The molecule has 0 atom stereocenters. The zero-order chi connectivity index (χ0) is 19.6. The van der Waals surface area contributed by atoms with Crippen molar-refractivity contribution in [1.29, 1.82) is 0 Å². The lowest BCUT2D eigenvalue weighted by atomic mass is 10.3. The number of nitrogens with one attached hydrogen (secondary N) is 1. The average Bonchev–Trinajstić information content (AvgIpc) is 2.74. The first kappa shape index (κ1) is 19.9. The van der Waals surface area contributed by atoms with Crippen LogP contribution in [0.5, 0.6) is 11.5 Å². The van der Waals surface area contributed by atoms with Crippen LogP contribution in [-0.2, 0) is 4.79 Å². The van der Waals surface area contributed by atoms with Crippen molar-refractivity contribution in [3.05, 3.63) is 42.9 Å². The van der Waals surface area contributed by atoms with Crippen LogP contribution in [0.4, 0.5) is 5.82 Å². The Hall–Kier alpha value is -2.87. The SMILES string of the molecule is CCOc1ccc(OCCNC(=O)CN2CCN(c3cnccn3)CC2)cc1. The quantitative estimate of drug-likeness (QED) is 0.650. The van der Waals surface area contributed by atoms with E-state index in [2.05, 4.69) is 25.1 Å². The van der Waals surface area contributed by atoms with Crippen molar-refractivity contribution < 1.29 is 14.3 Å². The standard InChI is InChI=1S/C20H27N5O3/c1-2-27-17-3-5-18(6-4-17)28-14-9-23-20(26)16-24-10-12-25(13-11-24)19-15-21-7-8-22-19/h3-8,15H,2,9-14,16H2,1H3,(H,23,26). The third kappa shape index (κ3) is 6.09. The zero-order valence-corrected chi connectivity index (χ0v) is 16.2. The molecule has 1 N–H and O–H groups in total. The van der Waals surface area contributed by atoms with E-state index in [1.165, 1.54) is 0 Å². The highest BCUT2D eigenvalue weighted by atomic mass is 16.5. The molecule has 0 saturated carbocycles. The maximum Gasteiger partial charge on any atom is 0.234 e. The van der Waals surface area contributed by atoms with Gasteiger partial charge in [-0.3, -0.25) is 14.7 Å². The summed E-state index contributed by atoms with van der Waals surface area (Å²) in [6.45, 7) is 7.23. The second-order valence-corrected chi connectivity index (χ2v) is 6.43. The molecular weight excluding hydrogens is 358 g/mol. The summed E-state index contributed by atoms with van der Waals surface area (Å²) in [7, 11) is 0. The van der Waals surface area contributed by atoms with Crippen LogP contribution in [-0.4, -0.2) is 73.3 Å². The van der Waals surface area contributed by atoms with Gasteiger partial charge in [0.25, 0.3) is 0 Å². The Morgan fingerprint density at radius 2 is 1.79 bits per heavy atom. The molecule has 0 bridgehead atoms. The monoisotopic (exact) mass is 385 g/mol. The van der Waals surface area contributed by atoms with Crippen LogP contribution in [0.1, 0.15) is 6.92 Å². The lowest BCUT2D eigenvalue weighted by Gasteiger charge is -2.34. The van der Waals surface area contributed by atoms with E-state index >= 15 is 0 Å². The van der Waals surface area contributed by atoms with Gasteiger partial charge >= 0.3 is 0 Å². The van der Waals surface area contributed by atoms with Crippen molar-refractivity contribution in [1.82, 2.24) is 20.2 Å². The summed E-state index contributed by atoms with van der Waals surface area (Å²) in [6.07, 6.45) is 5.14. The van der Waals surface area contributed by atoms with Gasteiger partial charge < -0.3 is 19.7 Å². The maximum absolute atomic E-state index is 12.1. The number of carbonyl (C=O) groups is 1. The van der Waals surface area contributed by atoms with E-state index in [0.29, 0.717) is 26.3 Å². The number of piperazine rings is 1. The Balaban J connectivity index is 1.30. The molecule has 150 valence electrons. The van der Waals surface area contributed by atoms with Gasteiger partial charge in [-0.05, 0) is 31.2 Å². The van der Waals surface area contributed by atoms with Crippen LogP contribution in [0, 0.1) is 0 Å². The van der Waals surface area contributed by atoms with Crippen LogP contribution in [0.15, 0.2) is 42.9 Å². The summed E-state index contributed by atoms with van der Waals surface area (Å²) in [5.41, 5.74) is 0. The molecule has 0 aliphatic carbocycles. The molecule has 0 unspecified atom stereocenters. The van der Waals surface area contributed by atoms with Gasteiger partial charge in [0.15, 0.2) is 0 Å². The van der Waals surface area contributed by atoms with Crippen LogP contribution in [0.2, 0.25) is 0 Å². The lowest BCUT2D eigenvalue weighted by molar-refractivity contribution is -0.122. The molecule has 2 aromatic rings. The van der Waals surface area contributed by atoms with E-state index in [-0.39, 0.29) is 5.91 Å². The molecule has 8 heteroatoms. The highest BCUT2D eigenvalue weighted by Gasteiger charge is 2.19. The molecule has 0 spiro atoms. The fraction of sp³-hybridized carbons (Fsp3) is 0.450. The van der Waals surface area contributed by atoms with Crippen molar-refractivity contribution >= 4 is 11.7 Å². The van der Waals surface area contributed by atoms with Crippen LogP contribution < -0.4 is 19.7 Å². The smallest absolute Gasteiger partial charge is 0.234 e. The molecule has 1 fully saturated rings. The van der Waals surface area contributed by atoms with Gasteiger partial charge in [-0.25, -0.2) is 4.98 Å². The van der Waals surface area contributed by atoms with E-state index in [9.17, 15) is 4.79 Å². The third-order valence-electron chi connectivity index (χ3n) is 4.44. The number of anilines is 1. The topological polar surface area (TPSA) is 79.8 Å². The Morgan fingerprint density at radius 1 is 1.07 bits per heavy atom. The summed E-state index contributed by atoms with van der Waals surface area (Å²) in [6, 6.07) is 7.48. The number of benzene rings is 1. The summed E-state index contributed by atoms with van der Waals surface area (Å²) < 4.78 is 11.0. The van der Waals surface area contributed by atoms with Crippen LogP contribution >= 0.6 is 0 Å². The summed E-state index contributed by atoms with van der Waals surface area (Å²) in [5.74, 6) is 2.49. The zero-order valence-electron chi connectivity index (χ0n) is 16.2. The van der Waals surface area contributed by atoms with Crippen LogP contribution in [0.3, 0.4) is 0 Å². The predicted molar refractivity (Wildman–Crippen MR) is 107 cm³/mol. The minimum atomic E-state index is 0.0169. The molecule has 1 aliphatic rings. The highest BCUT2D eigenvalue weighted by Crippen LogP contribution is 2.17. The Kier molecular flexibility index (Phi) is 7.43. The largest absolute Gasteiger partial charge is 0.494 e. The molecule has 28 heavy (non-hydrogen) atoms. The van der Waals surface area contributed by atoms with E-state index in [1.807, 2.05) is 31.2 Å². The number of rotatable bonds is 9. The number of hydrogen-bond acceptors (Lipinski definition) is 7. The first-order chi connectivity index (χ1) is 13.7. The number of hydrogen-bond donors (Lipinski definition) is 1. The summed E-state index contributed by atoms with van der Waals surface area (Å²) in [4.78, 5) is 24.9. The third-order valence-corrected chi connectivity index (χ3v) is 4.44. The van der Waals surface area contributed by atoms with Gasteiger partial charge in [0.05, 0.1) is 25.9 Å². The minimum Gasteiger partial charge on any atom is -0.494 e. The van der Waals surface area contributed by atoms with Gasteiger partial charge in [-0.15, -0.1) is 0 Å². The Bertz CT molecular complexity index is 718. The fourth-order valence-electron chi connectivity index (χ4n) is 3.01. The summed E-state index contributed by atoms with van der Waals surface area (Å²) in [5, 5.41) is 2.91. The molecule has 2 heterocycles. The van der Waals surface area contributed by atoms with E-state index in [1.54, 1.807) is 18.6 Å². The predicted octanol–water partition coefficient (Wildman–Crippen LogP) is 1.19. The van der Waals surface area contributed by atoms with Crippen molar-refractivity contribution in [3.8, 4) is 11.5 Å². The molecular formula is C20H27N5O3. The first-order valence-electron chi connectivity index (χ1n) is 9.60. The maximum atomic E-state index is 12.1. The number of ether oxygens (including phenoxy) is 2. The Morgan fingerprint density at radius 3 is 2.43 bits per heavy atom. The van der Waals surface area contributed by atoms with Crippen molar-refractivity contribution in [2.45, 2.75) is 6.92 Å². The second kappa shape index (κ2) is 10.5. The molecule has 3 rings (SSSR count). The highest BCUT2D eigenvalue weighted by molar-refractivity contribution is 5.78. The van der Waals surface area contributed by atoms with Crippen molar-refractivity contribution in [3.63, 3.8) is 0 Å². The van der Waals surface area contributed by atoms with Gasteiger partial charge in [-0.1, -0.05) is 0 Å². The average molecular weight is 385 g/mol. The number of amides is 1. The molecule has 1 saturated heterocycles. The molecule has 1 aliphatic heterocycles. The number of carbonyl (C=O) groups excluding carboxylic acids is 1. The molecule has 1 aromatic carbocycles. The van der Waals surface area contributed by atoms with E-state index in [4.69, 9.17) is 9.47 Å². The normalized spacial score (nSPS) is 14.5. The van der Waals surface area contributed by atoms with Gasteiger partial charge in [0.1, 0.15) is 23.9 Å². The second-order valence-electron chi connectivity index (χ2n) is 6.43. The molecule has 1 aromatic heterocycles. The van der Waals surface area contributed by atoms with E-state index in [0.717, 1.165) is 43.5 Å². The number of aromatic nitrogens is 2. The van der Waals surface area contributed by atoms with Gasteiger partial charge in [0, 0.05) is 38.6 Å². The molecule has 8 nitrogen and oxygen atoms in total. The van der Waals surface area contributed by atoms with Crippen molar-refractivity contribution in [2.24, 2.45) is 0 Å². The molecule has 0 radical (unpaired) electrons. The number of nitrogens with zero attached hydrogens (tertiary/aromatic N) is 4. The first-order valence-corrected chi connectivity index (χ1v) is 9.60. The Labute approximate surface area is 165 Å². The fourth-order valence-corrected chi connectivity index (χ4v) is 3.01. The van der Waals surface area contributed by atoms with Gasteiger partial charge in [-0.2, -0.15) is 0 Å². The van der Waals surface area contributed by atoms with Crippen molar-refractivity contribution in [2.75, 3.05) is 57.4 Å². The summed E-state index contributed by atoms with van der Waals surface area (Å²) >= 11 is 0. The molecule has 1 amide bonds. The van der Waals surface area contributed by atoms with E-state index < -0.39 is 0 Å². The lowest BCUT2D eigenvalue weighted by Crippen LogP contribution is -2.50. The van der Waals surface area contributed by atoms with Crippen LogP contribution in [0.25, 0.3) is 0 Å². The minimum absolute atomic E-state index is 0.0169. The van der Waals surface area contributed by atoms with Gasteiger partial charge in [0.2, 0.25) is 5.91 Å².